The Kier molecular flexibility index (Phi) is 6.79. The molecule has 1 aliphatic heterocycles. The number of methoxy groups -OCH3 is 2. The van der Waals surface area contributed by atoms with Crippen molar-refractivity contribution in [1.29, 1.82) is 0 Å². The molecule has 1 saturated heterocycles. The molecule has 1 aromatic carbocycles. The minimum Gasteiger partial charge on any atom is -0.469 e. The topological polar surface area (TPSA) is 102 Å². The standard InChI is InChI=1S/C18H21ClN2O6S2/c1-26-16(22)7-13-9-21(10-14(20-13)8-17(23)27-2)29(24,25)18-5-11-3-4-12(19)6-15(11)28-18/h3-6,13-14,20H,7-10H2,1-2H3/t13-,14+. The zero-order valence-corrected chi connectivity index (χ0v) is 18.3. The van der Waals surface area contributed by atoms with Crippen LogP contribution in [0.5, 0.6) is 0 Å². The summed E-state index contributed by atoms with van der Waals surface area (Å²) in [6.07, 6.45) is -0.0234. The zero-order valence-electron chi connectivity index (χ0n) is 15.9. The molecule has 0 spiro atoms. The number of halogens is 1. The Balaban J connectivity index is 1.89. The Morgan fingerprint density at radius 1 is 1.14 bits per heavy atom. The fourth-order valence-electron chi connectivity index (χ4n) is 3.25. The molecule has 2 aromatic rings. The van der Waals surface area contributed by atoms with Gasteiger partial charge in [0, 0.05) is 34.9 Å². The lowest BCUT2D eigenvalue weighted by Crippen LogP contribution is -2.58. The average molecular weight is 461 g/mol. The number of carbonyl (C=O) groups excluding carboxylic acids is 2. The van der Waals surface area contributed by atoms with E-state index in [1.54, 1.807) is 24.3 Å². The summed E-state index contributed by atoms with van der Waals surface area (Å²) < 4.78 is 38.2. The number of carbonyl (C=O) groups is 2. The van der Waals surface area contributed by atoms with Gasteiger partial charge >= 0.3 is 11.9 Å². The molecule has 2 atom stereocenters. The van der Waals surface area contributed by atoms with Gasteiger partial charge in [0.25, 0.3) is 10.0 Å². The van der Waals surface area contributed by atoms with Gasteiger partial charge in [-0.3, -0.25) is 9.59 Å². The number of rotatable bonds is 6. The first-order valence-electron chi connectivity index (χ1n) is 8.82. The number of fused-ring (bicyclic) bond motifs is 1. The van der Waals surface area contributed by atoms with Crippen molar-refractivity contribution in [2.24, 2.45) is 0 Å². The number of nitrogens with zero attached hydrogens (tertiary/aromatic N) is 1. The molecule has 2 heterocycles. The zero-order chi connectivity index (χ0) is 21.2. The van der Waals surface area contributed by atoms with E-state index in [1.807, 2.05) is 0 Å². The monoisotopic (exact) mass is 460 g/mol. The first-order valence-corrected chi connectivity index (χ1v) is 11.5. The van der Waals surface area contributed by atoms with Crippen LogP contribution in [0, 0.1) is 0 Å². The molecule has 0 unspecified atom stereocenters. The smallest absolute Gasteiger partial charge is 0.307 e. The first-order chi connectivity index (χ1) is 13.7. The van der Waals surface area contributed by atoms with Crippen LogP contribution in [0.15, 0.2) is 28.5 Å². The molecule has 1 fully saturated rings. The normalized spacial score (nSPS) is 20.5. The highest BCUT2D eigenvalue weighted by molar-refractivity contribution is 7.91. The molecular formula is C18H21ClN2O6S2. The maximum Gasteiger partial charge on any atom is 0.307 e. The molecule has 1 aromatic heterocycles. The average Bonchev–Trinajstić information content (AvgIpc) is 3.11. The van der Waals surface area contributed by atoms with Gasteiger partial charge in [-0.15, -0.1) is 11.3 Å². The van der Waals surface area contributed by atoms with E-state index < -0.39 is 34.0 Å². The predicted octanol–water partition coefficient (Wildman–Crippen LogP) is 2.01. The maximum atomic E-state index is 13.3. The molecule has 8 nitrogen and oxygen atoms in total. The van der Waals surface area contributed by atoms with E-state index in [4.69, 9.17) is 21.1 Å². The van der Waals surface area contributed by atoms with Crippen LogP contribution < -0.4 is 5.32 Å². The molecule has 0 saturated carbocycles. The molecule has 1 aliphatic rings. The van der Waals surface area contributed by atoms with Gasteiger partial charge < -0.3 is 14.8 Å². The molecular weight excluding hydrogens is 440 g/mol. The van der Waals surface area contributed by atoms with Crippen LogP contribution in [0.2, 0.25) is 5.02 Å². The number of esters is 2. The summed E-state index contributed by atoms with van der Waals surface area (Å²) in [6.45, 7) is 0.175. The number of hydrogen-bond acceptors (Lipinski definition) is 8. The number of thiophene rings is 1. The minimum atomic E-state index is -3.82. The third-order valence-corrected chi connectivity index (χ3v) is 8.27. The van der Waals surface area contributed by atoms with Crippen LogP contribution >= 0.6 is 22.9 Å². The first kappa shape index (κ1) is 22.0. The Bertz CT molecular complexity index is 997. The van der Waals surface area contributed by atoms with Crippen molar-refractivity contribution in [2.45, 2.75) is 29.1 Å². The summed E-state index contributed by atoms with van der Waals surface area (Å²) >= 11 is 7.14. The van der Waals surface area contributed by atoms with Gasteiger partial charge in [-0.2, -0.15) is 4.31 Å². The van der Waals surface area contributed by atoms with Crippen LogP contribution in [0.3, 0.4) is 0 Å². The van der Waals surface area contributed by atoms with Crippen molar-refractivity contribution in [3.63, 3.8) is 0 Å². The van der Waals surface area contributed by atoms with E-state index in [1.165, 1.54) is 18.5 Å². The number of hydrogen-bond donors (Lipinski definition) is 1. The number of ether oxygens (including phenoxy) is 2. The van der Waals surface area contributed by atoms with E-state index in [0.29, 0.717) is 5.02 Å². The van der Waals surface area contributed by atoms with Gasteiger partial charge in [0.05, 0.1) is 27.1 Å². The van der Waals surface area contributed by atoms with Crippen LogP contribution in [0.1, 0.15) is 12.8 Å². The molecule has 0 amide bonds. The SMILES string of the molecule is COC(=O)C[C@@H]1CN(S(=O)(=O)c2cc3ccc(Cl)cc3s2)C[C@H](CC(=O)OC)N1. The summed E-state index contributed by atoms with van der Waals surface area (Å²) in [5.74, 6) is -0.926. The van der Waals surface area contributed by atoms with Crippen molar-refractivity contribution in [1.82, 2.24) is 9.62 Å². The molecule has 3 rings (SSSR count). The lowest BCUT2D eigenvalue weighted by Gasteiger charge is -2.37. The number of piperazine rings is 1. The lowest BCUT2D eigenvalue weighted by atomic mass is 10.1. The molecule has 1 N–H and O–H groups in total. The Morgan fingerprint density at radius 2 is 1.72 bits per heavy atom. The minimum absolute atomic E-state index is 0.0117. The van der Waals surface area contributed by atoms with E-state index >= 15 is 0 Å². The van der Waals surface area contributed by atoms with Crippen LogP contribution in [0.4, 0.5) is 0 Å². The van der Waals surface area contributed by atoms with Crippen LogP contribution in [0.25, 0.3) is 10.1 Å². The van der Waals surface area contributed by atoms with Gasteiger partial charge in [0.1, 0.15) is 4.21 Å². The van der Waals surface area contributed by atoms with E-state index in [9.17, 15) is 18.0 Å². The Morgan fingerprint density at radius 3 is 2.28 bits per heavy atom. The molecule has 0 aliphatic carbocycles. The van der Waals surface area contributed by atoms with E-state index in [-0.39, 0.29) is 30.1 Å². The van der Waals surface area contributed by atoms with Crippen molar-refractivity contribution in [3.8, 4) is 0 Å². The van der Waals surface area contributed by atoms with Crippen LogP contribution in [-0.4, -0.2) is 64.1 Å². The highest BCUT2D eigenvalue weighted by Gasteiger charge is 2.37. The quantitative estimate of drug-likeness (QED) is 0.658. The van der Waals surface area contributed by atoms with Gasteiger partial charge in [0.15, 0.2) is 0 Å². The van der Waals surface area contributed by atoms with E-state index in [0.717, 1.165) is 21.4 Å². The third kappa shape index (κ3) is 5.07. The third-order valence-electron chi connectivity index (χ3n) is 4.65. The summed E-state index contributed by atoms with van der Waals surface area (Å²) in [6, 6.07) is 5.84. The number of sulfonamides is 1. The van der Waals surface area contributed by atoms with Gasteiger partial charge in [-0.25, -0.2) is 8.42 Å². The number of benzene rings is 1. The second-order valence-corrected chi connectivity index (χ2v) is 10.4. The van der Waals surface area contributed by atoms with Crippen LogP contribution in [-0.2, 0) is 29.1 Å². The highest BCUT2D eigenvalue weighted by Crippen LogP contribution is 2.33. The highest BCUT2D eigenvalue weighted by atomic mass is 35.5. The fourth-order valence-corrected chi connectivity index (χ4v) is 6.61. The summed E-state index contributed by atoms with van der Waals surface area (Å²) in [5.41, 5.74) is 0. The largest absolute Gasteiger partial charge is 0.469 e. The van der Waals surface area contributed by atoms with Crippen molar-refractivity contribution >= 4 is 55.0 Å². The number of nitrogens with one attached hydrogen (secondary N) is 1. The summed E-state index contributed by atoms with van der Waals surface area (Å²) in [4.78, 5) is 23.4. The molecule has 11 heteroatoms. The lowest BCUT2D eigenvalue weighted by molar-refractivity contribution is -0.141. The second kappa shape index (κ2) is 8.97. The molecule has 29 heavy (non-hydrogen) atoms. The van der Waals surface area contributed by atoms with Crippen molar-refractivity contribution in [2.75, 3.05) is 27.3 Å². The molecule has 0 bridgehead atoms. The van der Waals surface area contributed by atoms with Crippen molar-refractivity contribution < 1.29 is 27.5 Å². The summed E-state index contributed by atoms with van der Waals surface area (Å²) in [5, 5.41) is 4.46. The molecule has 0 radical (unpaired) electrons. The van der Waals surface area contributed by atoms with E-state index in [2.05, 4.69) is 5.32 Å². The Labute approximate surface area is 177 Å². The molecule has 158 valence electrons. The predicted molar refractivity (Wildman–Crippen MR) is 110 cm³/mol. The summed E-state index contributed by atoms with van der Waals surface area (Å²) in [7, 11) is -1.28. The van der Waals surface area contributed by atoms with Gasteiger partial charge in [-0.05, 0) is 23.6 Å². The van der Waals surface area contributed by atoms with Crippen molar-refractivity contribution in [3.05, 3.63) is 29.3 Å². The fraction of sp³-hybridized carbons (Fsp3) is 0.444. The van der Waals surface area contributed by atoms with Gasteiger partial charge in [0.2, 0.25) is 0 Å². The second-order valence-electron chi connectivity index (χ2n) is 6.69. The van der Waals surface area contributed by atoms with Gasteiger partial charge in [-0.1, -0.05) is 17.7 Å². The Hall–Kier alpha value is -1.72. The maximum absolute atomic E-state index is 13.3.